The number of hydrogen-bond donors (Lipinski definition) is 0. The number of rotatable bonds is 3. The van der Waals surface area contributed by atoms with Gasteiger partial charge in [-0.2, -0.15) is 5.26 Å². The van der Waals surface area contributed by atoms with E-state index in [1.165, 1.54) is 7.11 Å². The first-order valence-corrected chi connectivity index (χ1v) is 4.42. The Morgan fingerprint density at radius 2 is 2.13 bits per heavy atom. The summed E-state index contributed by atoms with van der Waals surface area (Å²) in [6.45, 7) is 1.57. The van der Waals surface area contributed by atoms with Gasteiger partial charge in [-0.1, -0.05) is 12.1 Å². The maximum absolute atomic E-state index is 11.1. The van der Waals surface area contributed by atoms with Crippen molar-refractivity contribution < 1.29 is 14.3 Å². The molecule has 0 aliphatic rings. The first-order chi connectivity index (χ1) is 7.19. The smallest absolute Gasteiger partial charge is 0.346 e. The predicted molar refractivity (Wildman–Crippen MR) is 53.3 cm³/mol. The van der Waals surface area contributed by atoms with Gasteiger partial charge in [0.1, 0.15) is 11.8 Å². The first-order valence-electron chi connectivity index (χ1n) is 4.42. The number of para-hydroxylation sites is 1. The van der Waals surface area contributed by atoms with Gasteiger partial charge in [0.15, 0.2) is 6.10 Å². The molecular formula is C11H11NO3. The molecule has 4 nitrogen and oxygen atoms in total. The van der Waals surface area contributed by atoms with E-state index in [1.54, 1.807) is 31.2 Å². The average molecular weight is 205 g/mol. The lowest BCUT2D eigenvalue weighted by molar-refractivity contribution is -0.147. The summed E-state index contributed by atoms with van der Waals surface area (Å²) >= 11 is 0. The molecule has 1 unspecified atom stereocenters. The number of methoxy groups -OCH3 is 1. The summed E-state index contributed by atoms with van der Waals surface area (Å²) in [4.78, 5) is 11.1. The zero-order valence-corrected chi connectivity index (χ0v) is 8.56. The van der Waals surface area contributed by atoms with E-state index in [1.807, 2.05) is 6.07 Å². The molecule has 0 amide bonds. The number of carbonyl (C=O) groups is 1. The Balaban J connectivity index is 2.81. The molecule has 0 N–H and O–H groups in total. The third kappa shape index (κ3) is 2.71. The van der Waals surface area contributed by atoms with Gasteiger partial charge in [-0.15, -0.1) is 0 Å². The third-order valence-corrected chi connectivity index (χ3v) is 1.84. The van der Waals surface area contributed by atoms with Gasteiger partial charge in [0.2, 0.25) is 0 Å². The van der Waals surface area contributed by atoms with Crippen molar-refractivity contribution in [1.82, 2.24) is 0 Å². The molecule has 0 aliphatic heterocycles. The molecule has 0 bridgehead atoms. The molecule has 15 heavy (non-hydrogen) atoms. The van der Waals surface area contributed by atoms with Crippen molar-refractivity contribution in [2.45, 2.75) is 13.0 Å². The number of ether oxygens (including phenoxy) is 2. The highest BCUT2D eigenvalue weighted by molar-refractivity contribution is 5.74. The van der Waals surface area contributed by atoms with E-state index in [2.05, 4.69) is 4.74 Å². The summed E-state index contributed by atoms with van der Waals surface area (Å²) in [5.41, 5.74) is 0.397. The Kier molecular flexibility index (Phi) is 3.69. The summed E-state index contributed by atoms with van der Waals surface area (Å²) in [5.74, 6) is -0.0827. The van der Waals surface area contributed by atoms with Crippen LogP contribution in [-0.4, -0.2) is 19.2 Å². The van der Waals surface area contributed by atoms with E-state index < -0.39 is 12.1 Å². The van der Waals surface area contributed by atoms with Crippen LogP contribution in [0.3, 0.4) is 0 Å². The van der Waals surface area contributed by atoms with Gasteiger partial charge in [-0.3, -0.25) is 0 Å². The van der Waals surface area contributed by atoms with E-state index in [9.17, 15) is 4.79 Å². The van der Waals surface area contributed by atoms with E-state index in [0.717, 1.165) is 0 Å². The van der Waals surface area contributed by atoms with Crippen LogP contribution in [0.25, 0.3) is 0 Å². The molecule has 0 fully saturated rings. The van der Waals surface area contributed by atoms with Crippen LogP contribution in [0.2, 0.25) is 0 Å². The molecule has 1 aromatic carbocycles. The predicted octanol–water partition coefficient (Wildman–Crippen LogP) is 1.50. The van der Waals surface area contributed by atoms with Crippen molar-refractivity contribution in [1.29, 1.82) is 5.26 Å². The molecule has 0 heterocycles. The van der Waals surface area contributed by atoms with E-state index in [-0.39, 0.29) is 0 Å². The second-order valence-corrected chi connectivity index (χ2v) is 2.89. The van der Waals surface area contributed by atoms with Crippen molar-refractivity contribution in [3.05, 3.63) is 29.8 Å². The summed E-state index contributed by atoms with van der Waals surface area (Å²) < 4.78 is 9.80. The number of esters is 1. The molecule has 1 aromatic rings. The van der Waals surface area contributed by atoms with Crippen LogP contribution in [-0.2, 0) is 9.53 Å². The molecule has 0 aromatic heterocycles. The first kappa shape index (κ1) is 11.1. The zero-order valence-electron chi connectivity index (χ0n) is 8.56. The van der Waals surface area contributed by atoms with Gasteiger partial charge in [0.25, 0.3) is 0 Å². The van der Waals surface area contributed by atoms with Crippen LogP contribution >= 0.6 is 0 Å². The fourth-order valence-electron chi connectivity index (χ4n) is 1.07. The van der Waals surface area contributed by atoms with Crippen LogP contribution in [0.5, 0.6) is 5.75 Å². The minimum atomic E-state index is -0.718. The van der Waals surface area contributed by atoms with Crippen molar-refractivity contribution in [2.75, 3.05) is 7.11 Å². The minimum absolute atomic E-state index is 0.387. The number of hydrogen-bond acceptors (Lipinski definition) is 4. The lowest BCUT2D eigenvalue weighted by Gasteiger charge is -2.12. The largest absolute Gasteiger partial charge is 0.478 e. The molecule has 78 valence electrons. The minimum Gasteiger partial charge on any atom is -0.478 e. The average Bonchev–Trinajstić information content (AvgIpc) is 2.28. The van der Waals surface area contributed by atoms with Crippen LogP contribution < -0.4 is 4.74 Å². The Morgan fingerprint density at radius 3 is 2.73 bits per heavy atom. The van der Waals surface area contributed by atoms with E-state index >= 15 is 0 Å². The molecule has 1 atom stereocenters. The van der Waals surface area contributed by atoms with Crippen molar-refractivity contribution >= 4 is 5.97 Å². The normalized spacial score (nSPS) is 11.3. The number of nitriles is 1. The van der Waals surface area contributed by atoms with Crippen LogP contribution in [0.15, 0.2) is 24.3 Å². The maximum Gasteiger partial charge on any atom is 0.346 e. The summed E-state index contributed by atoms with van der Waals surface area (Å²) in [7, 11) is 1.29. The molecule has 4 heteroatoms. The standard InChI is InChI=1S/C11H11NO3/c1-8(11(13)14-2)15-10-6-4-3-5-9(10)7-12/h3-6,8H,1-2H3. The highest BCUT2D eigenvalue weighted by Crippen LogP contribution is 2.18. The summed E-state index contributed by atoms with van der Waals surface area (Å²) in [5, 5.41) is 8.78. The van der Waals surface area contributed by atoms with Crippen molar-refractivity contribution in [2.24, 2.45) is 0 Å². The fourth-order valence-corrected chi connectivity index (χ4v) is 1.07. The summed E-state index contributed by atoms with van der Waals surface area (Å²) in [6, 6.07) is 8.71. The lowest BCUT2D eigenvalue weighted by atomic mass is 10.2. The molecule has 0 saturated carbocycles. The molecule has 0 aliphatic carbocycles. The van der Waals surface area contributed by atoms with Gasteiger partial charge in [-0.25, -0.2) is 4.79 Å². The lowest BCUT2D eigenvalue weighted by Crippen LogP contribution is -2.25. The van der Waals surface area contributed by atoms with Crippen molar-refractivity contribution in [3.63, 3.8) is 0 Å². The molecule has 0 saturated heterocycles. The van der Waals surface area contributed by atoms with Gasteiger partial charge < -0.3 is 9.47 Å². The second-order valence-electron chi connectivity index (χ2n) is 2.89. The maximum atomic E-state index is 11.1. The number of carbonyl (C=O) groups excluding carboxylic acids is 1. The zero-order chi connectivity index (χ0) is 11.3. The number of nitrogens with zero attached hydrogens (tertiary/aromatic N) is 1. The number of benzene rings is 1. The van der Waals surface area contributed by atoms with Gasteiger partial charge in [0, 0.05) is 0 Å². The van der Waals surface area contributed by atoms with Gasteiger partial charge >= 0.3 is 5.97 Å². The summed E-state index contributed by atoms with van der Waals surface area (Å²) in [6.07, 6.45) is -0.718. The third-order valence-electron chi connectivity index (χ3n) is 1.84. The SMILES string of the molecule is COC(=O)C(C)Oc1ccccc1C#N. The van der Waals surface area contributed by atoms with Gasteiger partial charge in [-0.05, 0) is 19.1 Å². The molecular weight excluding hydrogens is 194 g/mol. The Bertz CT molecular complexity index is 395. The fraction of sp³-hybridized carbons (Fsp3) is 0.273. The van der Waals surface area contributed by atoms with Crippen molar-refractivity contribution in [3.8, 4) is 11.8 Å². The van der Waals surface area contributed by atoms with Crippen LogP contribution in [0, 0.1) is 11.3 Å². The monoisotopic (exact) mass is 205 g/mol. The Hall–Kier alpha value is -2.02. The Morgan fingerprint density at radius 1 is 1.47 bits per heavy atom. The second kappa shape index (κ2) is 5.01. The topological polar surface area (TPSA) is 59.3 Å². The highest BCUT2D eigenvalue weighted by Gasteiger charge is 2.16. The van der Waals surface area contributed by atoms with Crippen LogP contribution in [0.1, 0.15) is 12.5 Å². The highest BCUT2D eigenvalue weighted by atomic mass is 16.6. The quantitative estimate of drug-likeness (QED) is 0.701. The van der Waals surface area contributed by atoms with E-state index in [4.69, 9.17) is 10.00 Å². The van der Waals surface area contributed by atoms with Gasteiger partial charge in [0.05, 0.1) is 12.7 Å². The van der Waals surface area contributed by atoms with Crippen LogP contribution in [0.4, 0.5) is 0 Å². The molecule has 0 spiro atoms. The molecule has 0 radical (unpaired) electrons. The Labute approximate surface area is 88.0 Å². The molecule has 1 rings (SSSR count). The van der Waals surface area contributed by atoms with E-state index in [0.29, 0.717) is 11.3 Å².